The Bertz CT molecular complexity index is 404. The van der Waals surface area contributed by atoms with Gasteiger partial charge in [-0.3, -0.25) is 0 Å². The number of nitrogens with one attached hydrogen (secondary N) is 1. The van der Waals surface area contributed by atoms with Crippen molar-refractivity contribution in [2.24, 2.45) is 0 Å². The Hall–Kier alpha value is -1.26. The van der Waals surface area contributed by atoms with E-state index in [0.717, 1.165) is 24.5 Å². The van der Waals surface area contributed by atoms with Gasteiger partial charge in [-0.05, 0) is 50.1 Å². The van der Waals surface area contributed by atoms with Crippen molar-refractivity contribution in [3.05, 3.63) is 23.3 Å². The molecule has 1 aromatic carbocycles. The smallest absolute Gasteiger partial charge is 0.161 e. The summed E-state index contributed by atoms with van der Waals surface area (Å²) in [5.74, 6) is 1.69. The molecule has 18 heavy (non-hydrogen) atoms. The zero-order valence-electron chi connectivity index (χ0n) is 11.0. The molecule has 0 radical (unpaired) electrons. The molecule has 1 atom stereocenters. The molecule has 2 rings (SSSR count). The van der Waals surface area contributed by atoms with Crippen LogP contribution in [0.2, 0.25) is 0 Å². The first-order valence-electron chi connectivity index (χ1n) is 6.44. The molecule has 1 heterocycles. The highest BCUT2D eigenvalue weighted by Crippen LogP contribution is 2.33. The third kappa shape index (κ3) is 3.37. The topological polar surface area (TPSA) is 50.7 Å². The van der Waals surface area contributed by atoms with Crippen molar-refractivity contribution in [1.29, 1.82) is 0 Å². The van der Waals surface area contributed by atoms with Gasteiger partial charge in [0.15, 0.2) is 11.5 Å². The third-order valence-electron chi connectivity index (χ3n) is 3.01. The van der Waals surface area contributed by atoms with Gasteiger partial charge in [0.25, 0.3) is 0 Å². The molecular formula is C14H21NO3. The average molecular weight is 251 g/mol. The molecular weight excluding hydrogens is 230 g/mol. The summed E-state index contributed by atoms with van der Waals surface area (Å²) in [4.78, 5) is 0. The van der Waals surface area contributed by atoms with E-state index in [0.29, 0.717) is 19.8 Å². The van der Waals surface area contributed by atoms with Crippen LogP contribution in [0.4, 0.5) is 0 Å². The number of rotatable bonds is 5. The Morgan fingerprint density at radius 2 is 1.94 bits per heavy atom. The maximum absolute atomic E-state index is 9.16. The average Bonchev–Trinajstić information content (AvgIpc) is 2.34. The van der Waals surface area contributed by atoms with Gasteiger partial charge >= 0.3 is 0 Å². The van der Waals surface area contributed by atoms with Crippen LogP contribution in [0.25, 0.3) is 0 Å². The van der Waals surface area contributed by atoms with Crippen molar-refractivity contribution in [2.75, 3.05) is 26.3 Å². The summed E-state index contributed by atoms with van der Waals surface area (Å²) in [6.45, 7) is 6.59. The number of aliphatic hydroxyl groups excluding tert-OH is 1. The van der Waals surface area contributed by atoms with E-state index in [1.54, 1.807) is 6.92 Å². The molecule has 4 heteroatoms. The van der Waals surface area contributed by atoms with Crippen LogP contribution in [0.15, 0.2) is 12.1 Å². The summed E-state index contributed by atoms with van der Waals surface area (Å²) in [6, 6.07) is 4.10. The first-order valence-corrected chi connectivity index (χ1v) is 6.44. The van der Waals surface area contributed by atoms with E-state index < -0.39 is 0 Å². The zero-order chi connectivity index (χ0) is 13.0. The van der Waals surface area contributed by atoms with E-state index >= 15 is 0 Å². The summed E-state index contributed by atoms with van der Waals surface area (Å²) in [7, 11) is 0. The van der Waals surface area contributed by atoms with Gasteiger partial charge in [-0.15, -0.1) is 0 Å². The highest BCUT2D eigenvalue weighted by atomic mass is 16.6. The molecule has 0 spiro atoms. The van der Waals surface area contributed by atoms with Crippen LogP contribution in [-0.4, -0.2) is 37.5 Å². The van der Waals surface area contributed by atoms with Gasteiger partial charge in [0.05, 0.1) is 6.10 Å². The van der Waals surface area contributed by atoms with Crippen LogP contribution < -0.4 is 14.8 Å². The molecule has 0 aromatic heterocycles. The van der Waals surface area contributed by atoms with Crippen molar-refractivity contribution in [3.8, 4) is 11.5 Å². The second kappa shape index (κ2) is 6.07. The summed E-state index contributed by atoms with van der Waals surface area (Å²) in [5, 5.41) is 12.4. The molecule has 0 bridgehead atoms. The summed E-state index contributed by atoms with van der Waals surface area (Å²) in [6.07, 6.45) is 0.626. The van der Waals surface area contributed by atoms with E-state index in [1.165, 1.54) is 11.1 Å². The van der Waals surface area contributed by atoms with Crippen molar-refractivity contribution >= 4 is 0 Å². The Morgan fingerprint density at radius 3 is 2.61 bits per heavy atom. The second-order valence-corrected chi connectivity index (χ2v) is 4.73. The van der Waals surface area contributed by atoms with Gasteiger partial charge in [-0.1, -0.05) is 0 Å². The molecule has 0 saturated heterocycles. The number of aliphatic hydroxyl groups is 1. The molecule has 100 valence electrons. The minimum absolute atomic E-state index is 0.300. The fourth-order valence-electron chi connectivity index (χ4n) is 2.04. The van der Waals surface area contributed by atoms with Crippen LogP contribution in [0.1, 0.15) is 18.1 Å². The monoisotopic (exact) mass is 251 g/mol. The van der Waals surface area contributed by atoms with Crippen molar-refractivity contribution < 1.29 is 14.6 Å². The molecule has 0 saturated carbocycles. The Labute approximate surface area is 108 Å². The minimum Gasteiger partial charge on any atom is -0.486 e. The van der Waals surface area contributed by atoms with E-state index in [-0.39, 0.29) is 6.10 Å². The molecule has 1 aliphatic rings. The van der Waals surface area contributed by atoms with Crippen LogP contribution in [0, 0.1) is 6.92 Å². The third-order valence-corrected chi connectivity index (χ3v) is 3.01. The molecule has 0 aliphatic carbocycles. The normalized spacial score (nSPS) is 15.5. The number of hydrogen-bond acceptors (Lipinski definition) is 4. The summed E-state index contributed by atoms with van der Waals surface area (Å²) >= 11 is 0. The van der Waals surface area contributed by atoms with Gasteiger partial charge in [-0.25, -0.2) is 0 Å². The highest BCUT2D eigenvalue weighted by Gasteiger charge is 2.13. The molecule has 4 nitrogen and oxygen atoms in total. The number of hydrogen-bond donors (Lipinski definition) is 2. The van der Waals surface area contributed by atoms with Crippen LogP contribution >= 0.6 is 0 Å². The Morgan fingerprint density at radius 1 is 1.28 bits per heavy atom. The fourth-order valence-corrected chi connectivity index (χ4v) is 2.04. The lowest BCUT2D eigenvalue weighted by molar-refractivity contribution is 0.171. The Kier molecular flexibility index (Phi) is 4.44. The molecule has 0 amide bonds. The number of ether oxygens (including phenoxy) is 2. The first kappa shape index (κ1) is 13.2. The predicted octanol–water partition coefficient (Wildman–Crippen LogP) is 1.28. The fraction of sp³-hybridized carbons (Fsp3) is 0.571. The van der Waals surface area contributed by atoms with Crippen molar-refractivity contribution in [1.82, 2.24) is 5.32 Å². The summed E-state index contributed by atoms with van der Waals surface area (Å²) < 4.78 is 11.1. The van der Waals surface area contributed by atoms with E-state index in [2.05, 4.69) is 18.3 Å². The molecule has 1 aliphatic heterocycles. The van der Waals surface area contributed by atoms with Gasteiger partial charge in [0.1, 0.15) is 13.2 Å². The lowest BCUT2D eigenvalue weighted by Gasteiger charge is -2.20. The number of aryl methyl sites for hydroxylation is 1. The lowest BCUT2D eigenvalue weighted by atomic mass is 10.0. The van der Waals surface area contributed by atoms with Crippen molar-refractivity contribution in [2.45, 2.75) is 26.4 Å². The second-order valence-electron chi connectivity index (χ2n) is 4.73. The van der Waals surface area contributed by atoms with Crippen LogP contribution in [0.5, 0.6) is 11.5 Å². The maximum Gasteiger partial charge on any atom is 0.161 e. The van der Waals surface area contributed by atoms with E-state index in [4.69, 9.17) is 14.6 Å². The quantitative estimate of drug-likeness (QED) is 0.774. The SMILES string of the molecule is Cc1cc2c(cc1CCNCC(C)O)OCCO2. The molecule has 2 N–H and O–H groups in total. The van der Waals surface area contributed by atoms with Gasteiger partial charge in [0.2, 0.25) is 0 Å². The standard InChI is InChI=1S/C14H21NO3/c1-10-7-13-14(18-6-5-17-13)8-12(10)3-4-15-9-11(2)16/h7-8,11,15-16H,3-6,9H2,1-2H3. The minimum atomic E-state index is -0.300. The van der Waals surface area contributed by atoms with Gasteiger partial charge in [0, 0.05) is 6.54 Å². The van der Waals surface area contributed by atoms with Crippen LogP contribution in [0.3, 0.4) is 0 Å². The number of benzene rings is 1. The maximum atomic E-state index is 9.16. The van der Waals surface area contributed by atoms with Crippen LogP contribution in [-0.2, 0) is 6.42 Å². The lowest BCUT2D eigenvalue weighted by Crippen LogP contribution is -2.26. The number of fused-ring (bicyclic) bond motifs is 1. The van der Waals surface area contributed by atoms with E-state index in [1.807, 2.05) is 6.07 Å². The largest absolute Gasteiger partial charge is 0.486 e. The van der Waals surface area contributed by atoms with Gasteiger partial charge in [-0.2, -0.15) is 0 Å². The summed E-state index contributed by atoms with van der Waals surface area (Å²) in [5.41, 5.74) is 2.48. The molecule has 1 aromatic rings. The first-order chi connectivity index (χ1) is 8.66. The Balaban J connectivity index is 1.95. The highest BCUT2D eigenvalue weighted by molar-refractivity contribution is 5.47. The molecule has 1 unspecified atom stereocenters. The zero-order valence-corrected chi connectivity index (χ0v) is 11.0. The predicted molar refractivity (Wildman–Crippen MR) is 70.4 cm³/mol. The molecule has 0 fully saturated rings. The van der Waals surface area contributed by atoms with E-state index in [9.17, 15) is 0 Å². The van der Waals surface area contributed by atoms with Crippen molar-refractivity contribution in [3.63, 3.8) is 0 Å². The van der Waals surface area contributed by atoms with Gasteiger partial charge < -0.3 is 19.9 Å².